The number of carbonyl (C=O) groups excluding carboxylic acids is 1. The molecule has 4 N–H and O–H groups in total. The van der Waals surface area contributed by atoms with Crippen molar-refractivity contribution in [3.8, 4) is 0 Å². The van der Waals surface area contributed by atoms with Crippen molar-refractivity contribution in [2.24, 2.45) is 56.1 Å². The van der Waals surface area contributed by atoms with Crippen molar-refractivity contribution in [3.63, 3.8) is 0 Å². The molecule has 0 aliphatic heterocycles. The number of fused-ring (bicyclic) bond motifs is 4. The first kappa shape index (κ1) is 43.7. The highest BCUT2D eigenvalue weighted by Gasteiger charge is 2.18. The number of hydrogen-bond acceptors (Lipinski definition) is 17. The van der Waals surface area contributed by atoms with E-state index >= 15 is 0 Å². The van der Waals surface area contributed by atoms with Crippen LogP contribution in [0.2, 0.25) is 0 Å². The summed E-state index contributed by atoms with van der Waals surface area (Å²) in [6.45, 7) is -4.66. The number of ketones is 1. The molecule has 8 heterocycles. The summed E-state index contributed by atoms with van der Waals surface area (Å²) in [5.74, 6) is -0.660. The Kier molecular flexibility index (Phi) is 17.7. The number of nitrogens with zero attached hydrogens (tertiary/aromatic N) is 16. The van der Waals surface area contributed by atoms with Crippen LogP contribution in [0, 0.1) is 0 Å². The summed E-state index contributed by atoms with van der Waals surface area (Å²) in [4.78, 5) is 126. The molecule has 29 heteroatoms. The lowest BCUT2D eigenvalue weighted by Gasteiger charge is -2.09. The molecular weight excluding hydrogens is 1120 g/mol. The second kappa shape index (κ2) is 34.9. The van der Waals surface area contributed by atoms with Crippen LogP contribution in [0.5, 0.6) is 0 Å². The topological polar surface area (TPSA) is 345 Å². The molecule has 0 amide bonds. The summed E-state index contributed by atoms with van der Waals surface area (Å²) in [7, 11) is 5.23. The molecule has 0 aliphatic rings. The van der Waals surface area contributed by atoms with Crippen LogP contribution in [0.4, 0.5) is 0 Å². The Morgan fingerprint density at radius 1 is 0.477 bits per heavy atom. The van der Waals surface area contributed by atoms with Crippen LogP contribution >= 0.6 is 0 Å². The van der Waals surface area contributed by atoms with Gasteiger partial charge in [0.05, 0.1) is 43.5 Å². The molecule has 0 bridgehead atoms. The van der Waals surface area contributed by atoms with E-state index in [0.29, 0.717) is 24.9 Å². The number of rotatable bonds is 21. The molecule has 0 fully saturated rings. The van der Waals surface area contributed by atoms with Gasteiger partial charge in [-0.25, -0.2) is 39.1 Å². The van der Waals surface area contributed by atoms with Crippen LogP contribution in [0.15, 0.2) is 63.6 Å². The molecule has 86 heavy (non-hydrogen) atoms. The first-order valence-corrected chi connectivity index (χ1v) is 25.5. The number of aliphatic hydroxyl groups excluding tert-OH is 4. The van der Waals surface area contributed by atoms with Gasteiger partial charge in [0.1, 0.15) is 11.3 Å². The molecule has 0 aromatic carbocycles. The zero-order valence-electron chi connectivity index (χ0n) is 72.0. The predicted octanol–water partition coefficient (Wildman–Crippen LogP) is 2.05. The maximum atomic E-state index is 12.7. The van der Waals surface area contributed by atoms with Crippen LogP contribution in [0.25, 0.3) is 44.7 Å². The number of aromatic nitrogens is 16. The Labute approximate surface area is 534 Å². The normalized spacial score (nSPS) is 17.4. The van der Waals surface area contributed by atoms with Gasteiger partial charge in [0, 0.05) is 123 Å². The summed E-state index contributed by atoms with van der Waals surface area (Å²) in [6.07, 6.45) is -14.2. The summed E-state index contributed by atoms with van der Waals surface area (Å²) in [5, 5.41) is 32.0. The molecule has 8 rings (SSSR count). The predicted molar refractivity (Wildman–Crippen MR) is 335 cm³/mol. The number of aryl methyl sites for hydroxylation is 8. The maximum absolute atomic E-state index is 12.7. The molecule has 0 saturated carbocycles. The summed E-state index contributed by atoms with van der Waals surface area (Å²) in [6, 6.07) is 0. The van der Waals surface area contributed by atoms with E-state index in [1.54, 1.807) is 6.92 Å². The second-order valence-corrected chi connectivity index (χ2v) is 18.1. The first-order valence-electron chi connectivity index (χ1n) is 37.9. The van der Waals surface area contributed by atoms with Crippen molar-refractivity contribution in [2.75, 3.05) is 6.61 Å². The molecule has 482 valence electrons. The average Bonchev–Trinajstić information content (AvgIpc) is 1.63. The number of carbonyl (C=O) groups is 1. The fourth-order valence-electron chi connectivity index (χ4n) is 7.78. The minimum Gasteiger partial charge on any atom is -0.397 e. The van der Waals surface area contributed by atoms with Gasteiger partial charge in [-0.2, -0.15) is 0 Å². The lowest BCUT2D eigenvalue weighted by Crippen LogP contribution is -2.39. The smallest absolute Gasteiger partial charge is 0.332 e. The van der Waals surface area contributed by atoms with Gasteiger partial charge < -0.3 is 43.5 Å². The van der Waals surface area contributed by atoms with Crippen LogP contribution in [-0.4, -0.2) is 127 Å². The Morgan fingerprint density at radius 3 is 0.884 bits per heavy atom. The van der Waals surface area contributed by atoms with Crippen LogP contribution in [-0.2, 0) is 87.1 Å². The van der Waals surface area contributed by atoms with Crippen molar-refractivity contribution >= 4 is 50.4 Å². The molecule has 0 aliphatic carbocycles. The molecule has 8 aromatic rings. The Morgan fingerprint density at radius 2 is 0.698 bits per heavy atom. The lowest BCUT2D eigenvalue weighted by atomic mass is 10.2. The molecule has 8 aromatic heterocycles. The fraction of sp³-hybridized carbons (Fsp3) is 0.632. The van der Waals surface area contributed by atoms with Crippen molar-refractivity contribution in [2.45, 2.75) is 178 Å². The third-order valence-electron chi connectivity index (χ3n) is 11.8. The number of imidazole rings is 4. The number of aliphatic hydroxyl groups is 4. The third-order valence-corrected chi connectivity index (χ3v) is 11.8. The molecular formula is C57H96N16O13. The molecule has 0 spiro atoms. The van der Waals surface area contributed by atoms with E-state index < -0.39 is 153 Å². The second-order valence-electron chi connectivity index (χ2n) is 18.1. The van der Waals surface area contributed by atoms with Crippen molar-refractivity contribution in [1.29, 1.82) is 1.43 Å². The van der Waals surface area contributed by atoms with E-state index in [1.165, 1.54) is 49.0 Å². The molecule has 1 unspecified atom stereocenters. The monoisotopic (exact) mass is 1240 g/mol. The van der Waals surface area contributed by atoms with E-state index in [0.717, 1.165) is 43.5 Å². The van der Waals surface area contributed by atoms with Gasteiger partial charge in [0.2, 0.25) is 1.43 Å². The van der Waals surface area contributed by atoms with Crippen LogP contribution < -0.4 is 45.0 Å². The highest BCUT2D eigenvalue weighted by molar-refractivity contribution is 5.75. The standard InChI is InChI=1S/3C13H20N4O3.C13H18N4O3.C2H6O.3CH4/c4*1-9(18)6-4-5-7-17-12(19)10-11(14-8-15(10)2)16(3)13(17)20;1-2-3;;;/h3*8-9,18H,4-7H2,1-3H3;8H,4-7H2,1-3H3;3H,2H2,1H3;3*1H4/t2*9-;;;;;;/m10....../s1/i4*2D3,6D2,8D;3D;;;. The lowest BCUT2D eigenvalue weighted by molar-refractivity contribution is -0.117. The Bertz CT molecular complexity index is 4730. The van der Waals surface area contributed by atoms with Crippen LogP contribution in [0.3, 0.4) is 0 Å². The van der Waals surface area contributed by atoms with E-state index in [9.17, 15) is 58.5 Å². The summed E-state index contributed by atoms with van der Waals surface area (Å²) in [5.41, 5.74) is -8.95. The maximum Gasteiger partial charge on any atom is 0.332 e. The quantitative estimate of drug-likeness (QED) is 0.0800. The fourth-order valence-corrected chi connectivity index (χ4v) is 7.78. The summed E-state index contributed by atoms with van der Waals surface area (Å²) < 4.78 is 197. The number of Topliss-reactive ketones (excluding diaryl/α,β-unsaturated/α-hetero) is 1. The van der Waals surface area contributed by atoms with Gasteiger partial charge in [-0.3, -0.25) is 55.7 Å². The Hall–Kier alpha value is -7.89. The SMILES string of the molecule is C.C.C.[2H]OCC.[2H]c1nc2c(c(=O)n(CCCC([2H])([2H])C(C)=O)c(=O)n2C)n1C([2H])([2H])[2H].[2H]c1nc2c(c(=O)n(CCCC([2H])([2H])C(C)O)c(=O)n2C)n1C([2H])([2H])[2H].[2H]c1nc2c(c(=O)n(CCCC([2H])([2H])[C@@H](C)O)c(=O)n2C)n1C([2H])([2H])[2H].[2H]c1nc2c(c(=O)n(CCCC([2H])([2H])[C@H](C)O)c(=O)n2C)n1C([2H])([2H])[2H]. The minimum atomic E-state index is -2.83. The van der Waals surface area contributed by atoms with E-state index in [2.05, 4.69) is 25.0 Å². The van der Waals surface area contributed by atoms with Gasteiger partial charge >= 0.3 is 22.8 Å². The van der Waals surface area contributed by atoms with Crippen molar-refractivity contribution < 1.29 is 58.1 Å². The van der Waals surface area contributed by atoms with E-state index in [-0.39, 0.29) is 139 Å². The van der Waals surface area contributed by atoms with Crippen molar-refractivity contribution in [3.05, 3.63) is 109 Å². The molecule has 29 nitrogen and oxygen atoms in total. The molecule has 0 saturated heterocycles. The summed E-state index contributed by atoms with van der Waals surface area (Å²) >= 11 is 0. The average molecular weight is 1240 g/mol. The van der Waals surface area contributed by atoms with Gasteiger partial charge in [-0.15, -0.1) is 0 Å². The third kappa shape index (κ3) is 18.6. The van der Waals surface area contributed by atoms with Crippen LogP contribution in [0.1, 0.15) is 167 Å². The Balaban J connectivity index is 0.000000721. The molecule has 0 radical (unpaired) electrons. The van der Waals surface area contributed by atoms with Gasteiger partial charge in [-0.05, 0) is 105 Å². The van der Waals surface area contributed by atoms with Gasteiger partial charge in [-0.1, -0.05) is 22.3 Å². The van der Waals surface area contributed by atoms with E-state index in [1.807, 2.05) is 0 Å². The highest BCUT2D eigenvalue weighted by Crippen LogP contribution is 2.09. The van der Waals surface area contributed by atoms with Crippen molar-refractivity contribution in [1.82, 2.24) is 74.7 Å². The van der Waals surface area contributed by atoms with Gasteiger partial charge in [0.15, 0.2) is 44.7 Å². The number of hydrogen-bond donors (Lipinski definition) is 4. The van der Waals surface area contributed by atoms with E-state index in [4.69, 9.17) is 34.3 Å². The zero-order chi connectivity index (χ0) is 83.5. The first-order chi connectivity index (χ1) is 49.1. The zero-order valence-corrected chi connectivity index (χ0v) is 47.0. The largest absolute Gasteiger partial charge is 0.397 e. The van der Waals surface area contributed by atoms with Gasteiger partial charge in [0.25, 0.3) is 22.2 Å². The molecule has 3 atom stereocenters. The highest BCUT2D eigenvalue weighted by atomic mass is 16.3. The minimum absolute atomic E-state index is 0.